The summed E-state index contributed by atoms with van der Waals surface area (Å²) >= 11 is 0. The van der Waals surface area contributed by atoms with Gasteiger partial charge in [-0.05, 0) is 83.5 Å². The molecule has 0 aromatic rings. The van der Waals surface area contributed by atoms with E-state index < -0.39 is 24.3 Å². The highest BCUT2D eigenvalue weighted by Gasteiger charge is 2.22. The molecule has 75 heavy (non-hydrogen) atoms. The zero-order valence-electron chi connectivity index (χ0n) is 49.7. The van der Waals surface area contributed by atoms with E-state index in [2.05, 4.69) is 74.6 Å². The first-order valence-corrected chi connectivity index (χ1v) is 31.4. The van der Waals surface area contributed by atoms with Gasteiger partial charge in [-0.1, -0.05) is 248 Å². The molecule has 0 saturated heterocycles. The van der Waals surface area contributed by atoms with Crippen LogP contribution in [0.2, 0.25) is 0 Å². The highest BCUT2D eigenvalue weighted by atomic mass is 16.7. The number of likely N-dealkylation sites (N-methyl/N-ethyl adjacent to an activating group) is 1. The van der Waals surface area contributed by atoms with E-state index >= 15 is 0 Å². The first-order valence-electron chi connectivity index (χ1n) is 31.4. The number of hydrogen-bond donors (Lipinski definition) is 0. The molecule has 0 aromatic heterocycles. The molecule has 0 saturated carbocycles. The Kier molecular flexibility index (Phi) is 54.9. The van der Waals surface area contributed by atoms with E-state index in [4.69, 9.17) is 18.9 Å². The Balaban J connectivity index is 4.15. The van der Waals surface area contributed by atoms with Gasteiger partial charge in [-0.2, -0.15) is 0 Å². The molecule has 2 unspecified atom stereocenters. The lowest BCUT2D eigenvalue weighted by molar-refractivity contribution is -0.870. The molecule has 2 atom stereocenters. The third-order valence-electron chi connectivity index (χ3n) is 13.7. The maximum atomic E-state index is 12.9. The number of carbonyl (C=O) groups is 3. The van der Waals surface area contributed by atoms with Crippen LogP contribution < -0.4 is 5.11 Å². The van der Waals surface area contributed by atoms with Crippen LogP contribution >= 0.6 is 0 Å². The van der Waals surface area contributed by atoms with E-state index in [9.17, 15) is 19.5 Å². The molecule has 0 N–H and O–H groups in total. The molecule has 0 bridgehead atoms. The first kappa shape index (κ1) is 72.0. The average molecular weight is 1050 g/mol. The van der Waals surface area contributed by atoms with E-state index in [1.54, 1.807) is 0 Å². The van der Waals surface area contributed by atoms with E-state index in [1.165, 1.54) is 199 Å². The number of rotatable bonds is 58. The van der Waals surface area contributed by atoms with Crippen molar-refractivity contribution in [2.24, 2.45) is 0 Å². The van der Waals surface area contributed by atoms with Crippen LogP contribution in [-0.4, -0.2) is 82.3 Å². The minimum atomic E-state index is -1.62. The molecule has 0 fully saturated rings. The van der Waals surface area contributed by atoms with Crippen LogP contribution in [0, 0.1) is 0 Å². The number of unbranched alkanes of at least 4 members (excludes halogenated alkanes) is 33. The van der Waals surface area contributed by atoms with Crippen LogP contribution in [0.3, 0.4) is 0 Å². The van der Waals surface area contributed by atoms with E-state index in [-0.39, 0.29) is 38.6 Å². The zero-order chi connectivity index (χ0) is 54.8. The summed E-state index contributed by atoms with van der Waals surface area (Å²) in [5.41, 5.74) is 0. The van der Waals surface area contributed by atoms with Crippen LogP contribution in [0.5, 0.6) is 0 Å². The van der Waals surface area contributed by atoms with Crippen LogP contribution in [-0.2, 0) is 33.3 Å². The number of aliphatic carboxylic acids is 1. The molecule has 0 aliphatic rings. The van der Waals surface area contributed by atoms with Crippen molar-refractivity contribution in [3.8, 4) is 0 Å². The predicted octanol–water partition coefficient (Wildman–Crippen LogP) is 17.5. The summed E-state index contributed by atoms with van der Waals surface area (Å²) in [7, 11) is 5.93. The summed E-state index contributed by atoms with van der Waals surface area (Å²) in [6.45, 7) is 4.73. The van der Waals surface area contributed by atoms with Crippen LogP contribution in [0.25, 0.3) is 0 Å². The van der Waals surface area contributed by atoms with Crippen molar-refractivity contribution in [3.05, 3.63) is 60.8 Å². The molecular weight excluding hydrogens is 935 g/mol. The summed E-state index contributed by atoms with van der Waals surface area (Å²) in [5.74, 6) is -2.28. The number of carboxylic acids is 1. The molecule has 0 radical (unpaired) electrons. The lowest BCUT2D eigenvalue weighted by atomic mass is 10.0. The summed E-state index contributed by atoms with van der Waals surface area (Å²) < 4.78 is 22.7. The minimum Gasteiger partial charge on any atom is -0.545 e. The SMILES string of the molecule is CCCCC/C=C\C/C=C\CCCCCCCCCCCC(=O)OCC(COC(OCC[N+](C)(C)C)C(=O)[O-])OC(=O)CCCCCCCCCCCCCCCCCC/C=C\C/C=C\C/C=C\CCCCCCC. The summed E-state index contributed by atoms with van der Waals surface area (Å²) in [5, 5.41) is 11.8. The van der Waals surface area contributed by atoms with Gasteiger partial charge in [0, 0.05) is 12.8 Å². The average Bonchev–Trinajstić information content (AvgIpc) is 3.38. The van der Waals surface area contributed by atoms with Crippen LogP contribution in [0.1, 0.15) is 284 Å². The molecular formula is C66H119NO8. The van der Waals surface area contributed by atoms with E-state index in [0.29, 0.717) is 17.4 Å². The molecule has 0 aromatic carbocycles. The summed E-state index contributed by atoms with van der Waals surface area (Å²) in [4.78, 5) is 37.3. The number of carboxylic acid groups (broad SMARTS) is 1. The highest BCUT2D eigenvalue weighted by molar-refractivity contribution is 5.70. The highest BCUT2D eigenvalue weighted by Crippen LogP contribution is 2.17. The van der Waals surface area contributed by atoms with Gasteiger partial charge in [0.05, 0.1) is 40.3 Å². The first-order chi connectivity index (χ1) is 36.6. The normalized spacial score (nSPS) is 13.1. The van der Waals surface area contributed by atoms with Crippen molar-refractivity contribution in [1.29, 1.82) is 0 Å². The number of allylic oxidation sites excluding steroid dienone is 10. The van der Waals surface area contributed by atoms with Gasteiger partial charge >= 0.3 is 11.9 Å². The number of hydrogen-bond acceptors (Lipinski definition) is 8. The minimum absolute atomic E-state index is 0.146. The fourth-order valence-electron chi connectivity index (χ4n) is 8.87. The summed E-state index contributed by atoms with van der Waals surface area (Å²) in [6.07, 6.45) is 69.9. The Morgan fingerprint density at radius 2 is 0.720 bits per heavy atom. The van der Waals surface area contributed by atoms with Gasteiger partial charge in [-0.25, -0.2) is 0 Å². The van der Waals surface area contributed by atoms with Crippen molar-refractivity contribution in [2.45, 2.75) is 296 Å². The number of quaternary nitrogens is 1. The smallest absolute Gasteiger partial charge is 0.306 e. The van der Waals surface area contributed by atoms with Gasteiger partial charge in [0.1, 0.15) is 13.2 Å². The number of ether oxygens (including phenoxy) is 4. The second-order valence-corrected chi connectivity index (χ2v) is 22.3. The fourth-order valence-corrected chi connectivity index (χ4v) is 8.87. The molecule has 0 heterocycles. The number of carbonyl (C=O) groups excluding carboxylic acids is 3. The van der Waals surface area contributed by atoms with Gasteiger partial charge in [0.15, 0.2) is 12.4 Å². The zero-order valence-corrected chi connectivity index (χ0v) is 49.7. The number of esters is 2. The molecule has 436 valence electrons. The van der Waals surface area contributed by atoms with Gasteiger partial charge in [0.2, 0.25) is 0 Å². The Labute approximate surface area is 463 Å². The Morgan fingerprint density at radius 3 is 1.09 bits per heavy atom. The molecule has 0 amide bonds. The Hall–Kier alpha value is -3.01. The molecule has 9 heteroatoms. The standard InChI is InChI=1S/C66H119NO8/c1-6-8-10-12-14-16-18-20-22-24-26-27-28-29-30-31-32-33-34-35-36-37-39-41-43-45-47-49-51-53-55-57-64(69)75-62(61-74-66(65(70)71)72-59-58-67(3,4)5)60-73-63(68)56-54-52-50-48-46-44-42-40-38-25-23-21-19-17-15-13-11-9-7-2/h15,17-18,20-21,23-24,26,28-29,62,66H,6-14,16,19,22,25,27,30-61H2,1-5H3/b17-15-,20-18-,23-21-,26-24-,29-28-. The second kappa shape index (κ2) is 57.2. The largest absolute Gasteiger partial charge is 0.545 e. The maximum Gasteiger partial charge on any atom is 0.306 e. The lowest BCUT2D eigenvalue weighted by Gasteiger charge is -2.26. The van der Waals surface area contributed by atoms with Gasteiger partial charge in [-0.3, -0.25) is 9.59 Å². The fraction of sp³-hybridized carbons (Fsp3) is 0.803. The van der Waals surface area contributed by atoms with Crippen molar-refractivity contribution in [3.63, 3.8) is 0 Å². The maximum absolute atomic E-state index is 12.9. The monoisotopic (exact) mass is 1050 g/mol. The topological polar surface area (TPSA) is 111 Å². The molecule has 0 rings (SSSR count). The van der Waals surface area contributed by atoms with Crippen LogP contribution in [0.4, 0.5) is 0 Å². The summed E-state index contributed by atoms with van der Waals surface area (Å²) in [6, 6.07) is 0. The van der Waals surface area contributed by atoms with Crippen LogP contribution in [0.15, 0.2) is 60.8 Å². The Bertz CT molecular complexity index is 1410. The van der Waals surface area contributed by atoms with Crippen molar-refractivity contribution in [2.75, 3.05) is 47.5 Å². The number of nitrogens with zero attached hydrogens (tertiary/aromatic N) is 1. The van der Waals surface area contributed by atoms with Gasteiger partial charge in [0.25, 0.3) is 0 Å². The second-order valence-electron chi connectivity index (χ2n) is 22.3. The molecule has 9 nitrogen and oxygen atoms in total. The van der Waals surface area contributed by atoms with E-state index in [0.717, 1.165) is 51.4 Å². The molecule has 0 spiro atoms. The third kappa shape index (κ3) is 58.5. The Morgan fingerprint density at radius 1 is 0.400 bits per heavy atom. The van der Waals surface area contributed by atoms with Crippen molar-refractivity contribution < 1.29 is 42.9 Å². The van der Waals surface area contributed by atoms with Crippen molar-refractivity contribution in [1.82, 2.24) is 0 Å². The van der Waals surface area contributed by atoms with Gasteiger partial charge in [-0.15, -0.1) is 0 Å². The predicted molar refractivity (Wildman–Crippen MR) is 315 cm³/mol. The van der Waals surface area contributed by atoms with E-state index in [1.807, 2.05) is 21.1 Å². The van der Waals surface area contributed by atoms with Gasteiger partial charge < -0.3 is 33.3 Å². The quantitative estimate of drug-likeness (QED) is 0.0195. The van der Waals surface area contributed by atoms with Crippen molar-refractivity contribution >= 4 is 17.9 Å². The molecule has 0 aliphatic carbocycles. The third-order valence-corrected chi connectivity index (χ3v) is 13.7. The molecule has 0 aliphatic heterocycles. The lowest BCUT2D eigenvalue weighted by Crippen LogP contribution is -2.44.